The summed E-state index contributed by atoms with van der Waals surface area (Å²) in [5.74, 6) is 0.205. The number of phenols is 1. The maximum absolute atomic E-state index is 12.3. The van der Waals surface area contributed by atoms with Gasteiger partial charge in [-0.3, -0.25) is 4.79 Å². The molecule has 0 saturated carbocycles. The number of hydrogen-bond donors (Lipinski definition) is 2. The molecule has 8 heteroatoms. The molecule has 2 aromatic heterocycles. The number of rotatable bonds is 6. The summed E-state index contributed by atoms with van der Waals surface area (Å²) in [4.78, 5) is 20.9. The van der Waals surface area contributed by atoms with Gasteiger partial charge < -0.3 is 9.67 Å². The fourth-order valence-electron chi connectivity index (χ4n) is 3.77. The van der Waals surface area contributed by atoms with Crippen molar-refractivity contribution < 1.29 is 9.90 Å². The number of benzene rings is 3. The van der Waals surface area contributed by atoms with Gasteiger partial charge in [0.2, 0.25) is 0 Å². The second-order valence-corrected chi connectivity index (χ2v) is 8.27. The molecule has 0 spiro atoms. The number of halogens is 1. The third kappa shape index (κ3) is 4.90. The number of fused-ring (bicyclic) bond motifs is 1. The standard InChI is InChI=1S/C27H20ClN5O2/c28-23-15-20(9-10-25(23)34)27(35)32-31-16-21-3-1-4-24-22(21)11-14-33(24)17-18-5-7-19(8-6-18)26-29-12-2-13-30-26/h1-16,34H,17H2,(H,32,35)/b31-16+. The lowest BCUT2D eigenvalue weighted by Gasteiger charge is -2.07. The summed E-state index contributed by atoms with van der Waals surface area (Å²) in [7, 11) is 0. The molecule has 0 aliphatic rings. The van der Waals surface area contributed by atoms with Crippen molar-refractivity contribution in [1.82, 2.24) is 20.0 Å². The van der Waals surface area contributed by atoms with Crippen LogP contribution in [0.15, 0.2) is 96.5 Å². The van der Waals surface area contributed by atoms with Gasteiger partial charge in [-0.25, -0.2) is 15.4 Å². The molecule has 3 aromatic carbocycles. The van der Waals surface area contributed by atoms with Crippen LogP contribution in [0.1, 0.15) is 21.5 Å². The highest BCUT2D eigenvalue weighted by Gasteiger charge is 2.09. The van der Waals surface area contributed by atoms with E-state index in [1.807, 2.05) is 36.5 Å². The van der Waals surface area contributed by atoms with Crippen LogP contribution in [0.2, 0.25) is 5.02 Å². The number of carbonyl (C=O) groups excluding carboxylic acids is 1. The Morgan fingerprint density at radius 2 is 1.83 bits per heavy atom. The zero-order valence-corrected chi connectivity index (χ0v) is 19.2. The molecule has 5 aromatic rings. The Labute approximate surface area is 206 Å². The number of amides is 1. The Hall–Kier alpha value is -4.49. The first-order valence-corrected chi connectivity index (χ1v) is 11.2. The quantitative estimate of drug-likeness (QED) is 0.255. The normalized spacial score (nSPS) is 11.2. The third-order valence-corrected chi connectivity index (χ3v) is 5.86. The van der Waals surface area contributed by atoms with Crippen LogP contribution in [-0.2, 0) is 6.54 Å². The minimum atomic E-state index is -0.419. The topological polar surface area (TPSA) is 92.4 Å². The van der Waals surface area contributed by atoms with Crippen LogP contribution in [0.4, 0.5) is 0 Å². The number of nitrogens with one attached hydrogen (secondary N) is 1. The molecule has 0 aliphatic carbocycles. The summed E-state index contributed by atoms with van der Waals surface area (Å²) in [6.45, 7) is 0.707. The van der Waals surface area contributed by atoms with Gasteiger partial charge in [0.05, 0.1) is 11.2 Å². The minimum Gasteiger partial charge on any atom is -0.506 e. The zero-order chi connectivity index (χ0) is 24.2. The van der Waals surface area contributed by atoms with Crippen molar-refractivity contribution in [2.75, 3.05) is 0 Å². The average Bonchev–Trinajstić information content (AvgIpc) is 3.30. The Morgan fingerprint density at radius 1 is 1.03 bits per heavy atom. The van der Waals surface area contributed by atoms with Crippen LogP contribution in [0.3, 0.4) is 0 Å². The lowest BCUT2D eigenvalue weighted by Crippen LogP contribution is -2.17. The monoisotopic (exact) mass is 481 g/mol. The molecule has 1 amide bonds. The molecule has 0 atom stereocenters. The van der Waals surface area contributed by atoms with E-state index in [9.17, 15) is 9.90 Å². The van der Waals surface area contributed by atoms with E-state index in [2.05, 4.69) is 43.3 Å². The van der Waals surface area contributed by atoms with Crippen molar-refractivity contribution in [2.45, 2.75) is 6.54 Å². The Bertz CT molecular complexity index is 1530. The molecule has 0 fully saturated rings. The molecule has 0 aliphatic heterocycles. The van der Waals surface area contributed by atoms with E-state index < -0.39 is 5.91 Å². The molecule has 0 bridgehead atoms. The fourth-order valence-corrected chi connectivity index (χ4v) is 3.96. The maximum Gasteiger partial charge on any atom is 0.271 e. The summed E-state index contributed by atoms with van der Waals surface area (Å²) in [6, 6.07) is 22.2. The molecule has 2 N–H and O–H groups in total. The van der Waals surface area contributed by atoms with E-state index in [0.717, 1.165) is 27.6 Å². The van der Waals surface area contributed by atoms with Crippen LogP contribution >= 0.6 is 11.6 Å². The highest BCUT2D eigenvalue weighted by atomic mass is 35.5. The summed E-state index contributed by atoms with van der Waals surface area (Å²) in [5, 5.41) is 14.7. The summed E-state index contributed by atoms with van der Waals surface area (Å²) in [6.07, 6.45) is 7.11. The Balaban J connectivity index is 1.31. The Morgan fingerprint density at radius 3 is 2.60 bits per heavy atom. The predicted molar refractivity (Wildman–Crippen MR) is 137 cm³/mol. The molecular weight excluding hydrogens is 462 g/mol. The third-order valence-electron chi connectivity index (χ3n) is 5.56. The molecule has 172 valence electrons. The molecular formula is C27H20ClN5O2. The fraction of sp³-hybridized carbons (Fsp3) is 0.0370. The smallest absolute Gasteiger partial charge is 0.271 e. The highest BCUT2D eigenvalue weighted by Crippen LogP contribution is 2.24. The molecule has 7 nitrogen and oxygen atoms in total. The van der Waals surface area contributed by atoms with E-state index in [1.54, 1.807) is 24.7 Å². The van der Waals surface area contributed by atoms with E-state index in [4.69, 9.17) is 11.6 Å². The van der Waals surface area contributed by atoms with Gasteiger partial charge in [-0.05, 0) is 42.0 Å². The summed E-state index contributed by atoms with van der Waals surface area (Å²) >= 11 is 5.87. The Kier molecular flexibility index (Phi) is 6.24. The lowest BCUT2D eigenvalue weighted by atomic mass is 10.1. The average molecular weight is 482 g/mol. The number of aromatic nitrogens is 3. The predicted octanol–water partition coefficient (Wildman–Crippen LogP) is 5.27. The number of nitrogens with zero attached hydrogens (tertiary/aromatic N) is 4. The van der Waals surface area contributed by atoms with E-state index in [0.29, 0.717) is 17.9 Å². The van der Waals surface area contributed by atoms with Crippen molar-refractivity contribution in [1.29, 1.82) is 0 Å². The van der Waals surface area contributed by atoms with Crippen molar-refractivity contribution in [3.05, 3.63) is 113 Å². The second kappa shape index (κ2) is 9.79. The first-order valence-electron chi connectivity index (χ1n) is 10.8. The molecule has 35 heavy (non-hydrogen) atoms. The van der Waals surface area contributed by atoms with Gasteiger partial charge in [-0.15, -0.1) is 0 Å². The number of hydrogen-bond acceptors (Lipinski definition) is 5. The van der Waals surface area contributed by atoms with Gasteiger partial charge >= 0.3 is 0 Å². The maximum atomic E-state index is 12.3. The van der Waals surface area contributed by atoms with Gasteiger partial charge in [0, 0.05) is 52.7 Å². The number of carbonyl (C=O) groups is 1. The lowest BCUT2D eigenvalue weighted by molar-refractivity contribution is 0.0955. The van der Waals surface area contributed by atoms with Crippen LogP contribution < -0.4 is 5.43 Å². The first-order chi connectivity index (χ1) is 17.1. The number of hydrazone groups is 1. The zero-order valence-electron chi connectivity index (χ0n) is 18.5. The number of aromatic hydroxyl groups is 1. The first kappa shape index (κ1) is 22.3. The highest BCUT2D eigenvalue weighted by molar-refractivity contribution is 6.32. The van der Waals surface area contributed by atoms with Gasteiger partial charge in [0.1, 0.15) is 5.75 Å². The molecule has 0 saturated heterocycles. The van der Waals surface area contributed by atoms with Crippen molar-refractivity contribution in [3.8, 4) is 17.1 Å². The van der Waals surface area contributed by atoms with E-state index >= 15 is 0 Å². The molecule has 0 unspecified atom stereocenters. The summed E-state index contributed by atoms with van der Waals surface area (Å²) in [5.41, 5.74) is 6.86. The molecule has 0 radical (unpaired) electrons. The van der Waals surface area contributed by atoms with Crippen LogP contribution in [0.5, 0.6) is 5.75 Å². The largest absolute Gasteiger partial charge is 0.506 e. The van der Waals surface area contributed by atoms with Gasteiger partial charge in [-0.1, -0.05) is 48.0 Å². The van der Waals surface area contributed by atoms with Crippen LogP contribution in [0, 0.1) is 0 Å². The summed E-state index contributed by atoms with van der Waals surface area (Å²) < 4.78 is 2.16. The second-order valence-electron chi connectivity index (χ2n) is 7.86. The van der Waals surface area contributed by atoms with Gasteiger partial charge in [0.15, 0.2) is 5.82 Å². The van der Waals surface area contributed by atoms with E-state index in [1.165, 1.54) is 18.2 Å². The van der Waals surface area contributed by atoms with Crippen LogP contribution in [-0.4, -0.2) is 31.8 Å². The minimum absolute atomic E-state index is 0.0796. The SMILES string of the molecule is O=C(N/N=C/c1cccc2c1ccn2Cc1ccc(-c2ncccn2)cc1)c1ccc(O)c(Cl)c1. The van der Waals surface area contributed by atoms with Gasteiger partial charge in [0.25, 0.3) is 5.91 Å². The molecule has 2 heterocycles. The van der Waals surface area contributed by atoms with Crippen LogP contribution in [0.25, 0.3) is 22.3 Å². The van der Waals surface area contributed by atoms with Crippen molar-refractivity contribution in [2.24, 2.45) is 5.10 Å². The van der Waals surface area contributed by atoms with E-state index in [-0.39, 0.29) is 10.8 Å². The van der Waals surface area contributed by atoms with Crippen molar-refractivity contribution in [3.63, 3.8) is 0 Å². The van der Waals surface area contributed by atoms with Gasteiger partial charge in [-0.2, -0.15) is 5.10 Å². The number of phenolic OH excluding ortho intramolecular Hbond substituents is 1. The van der Waals surface area contributed by atoms with Crippen molar-refractivity contribution >= 4 is 34.6 Å². The molecule has 5 rings (SSSR count).